The summed E-state index contributed by atoms with van der Waals surface area (Å²) >= 11 is 0. The predicted molar refractivity (Wildman–Crippen MR) is 53.4 cm³/mol. The Morgan fingerprint density at radius 2 is 2.47 bits per heavy atom. The molecule has 6 heteroatoms. The van der Waals surface area contributed by atoms with Crippen molar-refractivity contribution < 1.29 is 14.6 Å². The molecule has 1 atom stereocenters. The van der Waals surface area contributed by atoms with E-state index in [0.717, 1.165) is 0 Å². The van der Waals surface area contributed by atoms with Crippen molar-refractivity contribution in [2.24, 2.45) is 7.05 Å². The molecule has 1 heterocycles. The molecule has 0 radical (unpaired) electrons. The van der Waals surface area contributed by atoms with E-state index < -0.39 is 12.1 Å². The van der Waals surface area contributed by atoms with Crippen molar-refractivity contribution in [1.82, 2.24) is 15.1 Å². The lowest BCUT2D eigenvalue weighted by atomic mass is 10.1. The lowest BCUT2D eigenvalue weighted by molar-refractivity contribution is 0.0586. The van der Waals surface area contributed by atoms with E-state index in [1.807, 2.05) is 0 Å². The Balaban J connectivity index is 3.00. The number of esters is 1. The van der Waals surface area contributed by atoms with E-state index in [-0.39, 0.29) is 5.69 Å². The summed E-state index contributed by atoms with van der Waals surface area (Å²) in [7, 11) is 4.69. The number of carbonyl (C=O) groups is 1. The number of ether oxygens (including phenoxy) is 1. The van der Waals surface area contributed by atoms with Gasteiger partial charge in [0.15, 0.2) is 5.69 Å². The molecule has 1 rings (SSSR count). The molecule has 0 bridgehead atoms. The fourth-order valence-electron chi connectivity index (χ4n) is 1.31. The Hall–Kier alpha value is -1.40. The van der Waals surface area contributed by atoms with Crippen LogP contribution >= 0.6 is 0 Å². The zero-order chi connectivity index (χ0) is 11.4. The van der Waals surface area contributed by atoms with E-state index in [1.165, 1.54) is 11.8 Å². The highest BCUT2D eigenvalue weighted by atomic mass is 16.5. The Labute approximate surface area is 87.8 Å². The minimum absolute atomic E-state index is 0.155. The quantitative estimate of drug-likeness (QED) is 0.657. The molecule has 1 unspecified atom stereocenters. The number of nitrogens with one attached hydrogen (secondary N) is 1. The maximum atomic E-state index is 11.3. The van der Waals surface area contributed by atoms with Gasteiger partial charge in [0.05, 0.1) is 13.2 Å². The van der Waals surface area contributed by atoms with E-state index in [1.54, 1.807) is 20.3 Å². The van der Waals surface area contributed by atoms with Crippen LogP contribution in [0.2, 0.25) is 0 Å². The van der Waals surface area contributed by atoms with Crippen LogP contribution in [0.5, 0.6) is 0 Å². The molecule has 0 aromatic carbocycles. The van der Waals surface area contributed by atoms with Crippen LogP contribution < -0.4 is 5.32 Å². The molecule has 2 N–H and O–H groups in total. The van der Waals surface area contributed by atoms with Gasteiger partial charge in [-0.1, -0.05) is 0 Å². The van der Waals surface area contributed by atoms with Crippen molar-refractivity contribution in [3.8, 4) is 0 Å². The number of aromatic nitrogens is 2. The Bertz CT molecular complexity index is 348. The molecular formula is C9H15N3O3. The SMILES string of the molecule is CNCC(O)c1cn(C)nc1C(=O)OC. The predicted octanol–water partition coefficient (Wildman–Crippen LogP) is -0.540. The van der Waals surface area contributed by atoms with Crippen LogP contribution in [0.3, 0.4) is 0 Å². The van der Waals surface area contributed by atoms with Gasteiger partial charge in [0, 0.05) is 25.4 Å². The average Bonchev–Trinajstić information content (AvgIpc) is 2.59. The monoisotopic (exact) mass is 213 g/mol. The van der Waals surface area contributed by atoms with Crippen molar-refractivity contribution in [2.75, 3.05) is 20.7 Å². The molecular weight excluding hydrogens is 198 g/mol. The normalized spacial score (nSPS) is 12.5. The summed E-state index contributed by atoms with van der Waals surface area (Å²) in [5.41, 5.74) is 0.626. The van der Waals surface area contributed by atoms with Crippen LogP contribution in [0.25, 0.3) is 0 Å². The van der Waals surface area contributed by atoms with Gasteiger partial charge in [-0.3, -0.25) is 4.68 Å². The van der Waals surface area contributed by atoms with Crippen LogP contribution in [0.1, 0.15) is 22.2 Å². The number of hydrogen-bond donors (Lipinski definition) is 2. The van der Waals surface area contributed by atoms with E-state index in [2.05, 4.69) is 15.2 Å². The number of methoxy groups -OCH3 is 1. The van der Waals surface area contributed by atoms with E-state index in [9.17, 15) is 9.90 Å². The molecule has 0 saturated heterocycles. The third-order valence-corrected chi connectivity index (χ3v) is 1.99. The molecule has 0 spiro atoms. The number of nitrogens with zero attached hydrogens (tertiary/aromatic N) is 2. The van der Waals surface area contributed by atoms with Crippen LogP contribution in [0.4, 0.5) is 0 Å². The number of likely N-dealkylation sites (N-methyl/N-ethyl adjacent to an activating group) is 1. The van der Waals surface area contributed by atoms with Gasteiger partial charge < -0.3 is 15.2 Å². The number of rotatable bonds is 4. The molecule has 84 valence electrons. The van der Waals surface area contributed by atoms with Crippen molar-refractivity contribution in [1.29, 1.82) is 0 Å². The summed E-state index contributed by atoms with van der Waals surface area (Å²) in [6, 6.07) is 0. The Morgan fingerprint density at radius 1 is 1.80 bits per heavy atom. The molecule has 6 nitrogen and oxygen atoms in total. The number of aryl methyl sites for hydroxylation is 1. The molecule has 1 aromatic rings. The molecule has 0 fully saturated rings. The molecule has 1 aromatic heterocycles. The molecule has 0 amide bonds. The second kappa shape index (κ2) is 4.90. The standard InChI is InChI=1S/C9H15N3O3/c1-10-4-7(13)6-5-12(2)11-8(6)9(14)15-3/h5,7,10,13H,4H2,1-3H3. The summed E-state index contributed by atoms with van der Waals surface area (Å²) in [4.78, 5) is 11.3. The summed E-state index contributed by atoms with van der Waals surface area (Å²) in [6.45, 7) is 0.357. The lowest BCUT2D eigenvalue weighted by Gasteiger charge is -2.08. The highest BCUT2D eigenvalue weighted by molar-refractivity contribution is 5.88. The van der Waals surface area contributed by atoms with E-state index in [4.69, 9.17) is 0 Å². The number of aliphatic hydroxyl groups is 1. The molecule has 0 aliphatic carbocycles. The van der Waals surface area contributed by atoms with Crippen molar-refractivity contribution in [3.63, 3.8) is 0 Å². The van der Waals surface area contributed by atoms with E-state index >= 15 is 0 Å². The first kappa shape index (κ1) is 11.7. The molecule has 0 aliphatic rings. The molecule has 0 saturated carbocycles. The van der Waals surface area contributed by atoms with Crippen LogP contribution in [0, 0.1) is 0 Å². The molecule has 15 heavy (non-hydrogen) atoms. The van der Waals surface area contributed by atoms with Gasteiger partial charge in [0.1, 0.15) is 0 Å². The number of aliphatic hydroxyl groups excluding tert-OH is 1. The lowest BCUT2D eigenvalue weighted by Crippen LogP contribution is -2.18. The molecule has 0 aliphatic heterocycles. The second-order valence-corrected chi connectivity index (χ2v) is 3.17. The Morgan fingerprint density at radius 3 is 3.00 bits per heavy atom. The third kappa shape index (κ3) is 2.54. The smallest absolute Gasteiger partial charge is 0.358 e. The maximum absolute atomic E-state index is 11.3. The minimum atomic E-state index is -0.766. The zero-order valence-electron chi connectivity index (χ0n) is 9.02. The van der Waals surface area contributed by atoms with Crippen LogP contribution in [0.15, 0.2) is 6.20 Å². The highest BCUT2D eigenvalue weighted by Gasteiger charge is 2.21. The Kier molecular flexibility index (Phi) is 3.81. The summed E-state index contributed by atoms with van der Waals surface area (Å²) in [6.07, 6.45) is 0.839. The van der Waals surface area contributed by atoms with Gasteiger partial charge in [0.2, 0.25) is 0 Å². The van der Waals surface area contributed by atoms with Crippen LogP contribution in [-0.4, -0.2) is 41.6 Å². The first-order valence-electron chi connectivity index (χ1n) is 4.54. The van der Waals surface area contributed by atoms with Crippen molar-refractivity contribution in [3.05, 3.63) is 17.5 Å². The van der Waals surface area contributed by atoms with Gasteiger partial charge in [-0.2, -0.15) is 5.10 Å². The largest absolute Gasteiger partial charge is 0.464 e. The minimum Gasteiger partial charge on any atom is -0.464 e. The first-order chi connectivity index (χ1) is 7.10. The van der Waals surface area contributed by atoms with Crippen LogP contribution in [-0.2, 0) is 11.8 Å². The van der Waals surface area contributed by atoms with Gasteiger partial charge in [-0.15, -0.1) is 0 Å². The van der Waals surface area contributed by atoms with Gasteiger partial charge in [-0.25, -0.2) is 4.79 Å². The summed E-state index contributed by atoms with van der Waals surface area (Å²) < 4.78 is 6.04. The van der Waals surface area contributed by atoms with Gasteiger partial charge in [-0.05, 0) is 7.05 Å². The number of hydrogen-bond acceptors (Lipinski definition) is 5. The van der Waals surface area contributed by atoms with E-state index in [0.29, 0.717) is 12.1 Å². The topological polar surface area (TPSA) is 76.4 Å². The fourth-order valence-corrected chi connectivity index (χ4v) is 1.31. The first-order valence-corrected chi connectivity index (χ1v) is 4.54. The summed E-state index contributed by atoms with van der Waals surface area (Å²) in [5.74, 6) is -0.541. The maximum Gasteiger partial charge on any atom is 0.358 e. The second-order valence-electron chi connectivity index (χ2n) is 3.17. The van der Waals surface area contributed by atoms with Crippen molar-refractivity contribution >= 4 is 5.97 Å². The highest BCUT2D eigenvalue weighted by Crippen LogP contribution is 2.16. The average molecular weight is 213 g/mol. The van der Waals surface area contributed by atoms with Gasteiger partial charge in [0.25, 0.3) is 0 Å². The third-order valence-electron chi connectivity index (χ3n) is 1.99. The van der Waals surface area contributed by atoms with Gasteiger partial charge >= 0.3 is 5.97 Å². The number of carbonyl (C=O) groups excluding carboxylic acids is 1. The fraction of sp³-hybridized carbons (Fsp3) is 0.556. The zero-order valence-corrected chi connectivity index (χ0v) is 9.02. The summed E-state index contributed by atoms with van der Waals surface area (Å²) in [5, 5.41) is 16.5. The van der Waals surface area contributed by atoms with Crippen molar-refractivity contribution in [2.45, 2.75) is 6.10 Å².